The van der Waals surface area contributed by atoms with Gasteiger partial charge in [-0.05, 0) is 59.4 Å². The fourth-order valence-electron chi connectivity index (χ4n) is 3.22. The van der Waals surface area contributed by atoms with Crippen molar-refractivity contribution >= 4 is 11.3 Å². The minimum Gasteiger partial charge on any atom is -0.390 e. The molecule has 1 saturated carbocycles. The van der Waals surface area contributed by atoms with Gasteiger partial charge in [-0.2, -0.15) is 11.3 Å². The van der Waals surface area contributed by atoms with E-state index in [1.165, 1.54) is 5.56 Å². The lowest BCUT2D eigenvalue weighted by Crippen LogP contribution is -2.32. The lowest BCUT2D eigenvalue weighted by Gasteiger charge is -2.28. The highest BCUT2D eigenvalue weighted by Crippen LogP contribution is 2.49. The maximum Gasteiger partial charge on any atom is 0.0681 e. The number of aliphatic hydroxyl groups is 1. The third-order valence-corrected chi connectivity index (χ3v) is 4.72. The smallest absolute Gasteiger partial charge is 0.0681 e. The number of hydrogen-bond acceptors (Lipinski definition) is 2. The zero-order chi connectivity index (χ0) is 11.8. The van der Waals surface area contributed by atoms with E-state index in [-0.39, 0.29) is 0 Å². The van der Waals surface area contributed by atoms with Crippen LogP contribution in [0.25, 0.3) is 0 Å². The van der Waals surface area contributed by atoms with Crippen molar-refractivity contribution in [3.8, 4) is 0 Å². The Morgan fingerprint density at radius 3 is 2.75 bits per heavy atom. The van der Waals surface area contributed by atoms with Crippen LogP contribution in [0, 0.1) is 11.3 Å². The number of thiophene rings is 1. The maximum atomic E-state index is 10.7. The molecule has 0 aromatic carbocycles. The summed E-state index contributed by atoms with van der Waals surface area (Å²) < 4.78 is 0. The highest BCUT2D eigenvalue weighted by atomic mass is 32.1. The van der Waals surface area contributed by atoms with Gasteiger partial charge >= 0.3 is 0 Å². The summed E-state index contributed by atoms with van der Waals surface area (Å²) >= 11 is 1.74. The predicted octanol–water partition coefficient (Wildman–Crippen LogP) is 3.87. The van der Waals surface area contributed by atoms with E-state index < -0.39 is 5.60 Å². The van der Waals surface area contributed by atoms with Crippen LogP contribution in [-0.2, 0) is 6.42 Å². The van der Waals surface area contributed by atoms with Gasteiger partial charge in [0.1, 0.15) is 0 Å². The van der Waals surface area contributed by atoms with Crippen LogP contribution in [0.2, 0.25) is 0 Å². The molecule has 1 fully saturated rings. The van der Waals surface area contributed by atoms with Crippen LogP contribution < -0.4 is 0 Å². The van der Waals surface area contributed by atoms with Gasteiger partial charge in [0, 0.05) is 0 Å². The molecule has 1 nitrogen and oxygen atoms in total. The molecule has 2 rings (SSSR count). The molecule has 0 saturated heterocycles. The average molecular weight is 238 g/mol. The van der Waals surface area contributed by atoms with Crippen molar-refractivity contribution in [2.45, 2.75) is 52.1 Å². The Morgan fingerprint density at radius 1 is 1.50 bits per heavy atom. The predicted molar refractivity (Wildman–Crippen MR) is 69.8 cm³/mol. The summed E-state index contributed by atoms with van der Waals surface area (Å²) in [7, 11) is 0. The molecular formula is C14H22OS. The van der Waals surface area contributed by atoms with E-state index in [0.29, 0.717) is 11.3 Å². The first-order valence-corrected chi connectivity index (χ1v) is 7.09. The molecule has 1 aliphatic carbocycles. The Bertz CT molecular complexity index is 342. The van der Waals surface area contributed by atoms with Crippen LogP contribution >= 0.6 is 11.3 Å². The molecule has 0 radical (unpaired) electrons. The summed E-state index contributed by atoms with van der Waals surface area (Å²) in [5.41, 5.74) is 1.24. The quantitative estimate of drug-likeness (QED) is 0.847. The molecule has 1 aromatic rings. The lowest BCUT2D eigenvalue weighted by molar-refractivity contribution is -0.00370. The fourth-order valence-corrected chi connectivity index (χ4v) is 3.93. The largest absolute Gasteiger partial charge is 0.390 e. The molecule has 1 aliphatic rings. The van der Waals surface area contributed by atoms with Crippen LogP contribution in [0.1, 0.15) is 45.6 Å². The standard InChI is InChI=1S/C14H22OS/c1-11-8-13(2,3)10-14(11,15)6-4-12-5-7-16-9-12/h5,7,9,11,15H,4,6,8,10H2,1-3H3. The van der Waals surface area contributed by atoms with Gasteiger partial charge in [0.05, 0.1) is 5.60 Å². The first-order valence-electron chi connectivity index (χ1n) is 6.15. The van der Waals surface area contributed by atoms with Crippen LogP contribution in [0.3, 0.4) is 0 Å². The topological polar surface area (TPSA) is 20.2 Å². The molecule has 0 bridgehead atoms. The van der Waals surface area contributed by atoms with Crippen molar-refractivity contribution in [1.29, 1.82) is 0 Å². The minimum absolute atomic E-state index is 0.308. The molecule has 2 heteroatoms. The van der Waals surface area contributed by atoms with E-state index in [2.05, 4.69) is 37.6 Å². The molecule has 90 valence electrons. The van der Waals surface area contributed by atoms with Crippen LogP contribution in [0.15, 0.2) is 16.8 Å². The van der Waals surface area contributed by atoms with Crippen molar-refractivity contribution in [2.75, 3.05) is 0 Å². The van der Waals surface area contributed by atoms with E-state index in [9.17, 15) is 5.11 Å². The minimum atomic E-state index is -0.439. The summed E-state index contributed by atoms with van der Waals surface area (Å²) in [6.45, 7) is 6.74. The lowest BCUT2D eigenvalue weighted by atomic mass is 9.85. The monoisotopic (exact) mass is 238 g/mol. The van der Waals surface area contributed by atoms with Crippen molar-refractivity contribution in [2.24, 2.45) is 11.3 Å². The van der Waals surface area contributed by atoms with Crippen molar-refractivity contribution < 1.29 is 5.11 Å². The third-order valence-electron chi connectivity index (χ3n) is 3.99. The first-order chi connectivity index (χ1) is 7.41. The zero-order valence-corrected chi connectivity index (χ0v) is 11.3. The highest BCUT2D eigenvalue weighted by Gasteiger charge is 2.46. The van der Waals surface area contributed by atoms with Crippen LogP contribution in [-0.4, -0.2) is 10.7 Å². The second-order valence-electron chi connectivity index (χ2n) is 6.18. The summed E-state index contributed by atoms with van der Waals surface area (Å²) in [5.74, 6) is 0.432. The Labute approximate surface area is 103 Å². The van der Waals surface area contributed by atoms with Gasteiger partial charge in [0.25, 0.3) is 0 Å². The second-order valence-corrected chi connectivity index (χ2v) is 6.96. The van der Waals surface area contributed by atoms with Crippen LogP contribution in [0.4, 0.5) is 0 Å². The Balaban J connectivity index is 1.98. The molecule has 0 amide bonds. The molecule has 2 unspecified atom stereocenters. The van der Waals surface area contributed by atoms with Gasteiger partial charge in [0.15, 0.2) is 0 Å². The number of hydrogen-bond donors (Lipinski definition) is 1. The molecule has 1 N–H and O–H groups in total. The fraction of sp³-hybridized carbons (Fsp3) is 0.714. The summed E-state index contributed by atoms with van der Waals surface area (Å²) in [5, 5.41) is 15.0. The highest BCUT2D eigenvalue weighted by molar-refractivity contribution is 7.07. The zero-order valence-electron chi connectivity index (χ0n) is 10.5. The molecule has 1 aromatic heterocycles. The maximum absolute atomic E-state index is 10.7. The van der Waals surface area contributed by atoms with Gasteiger partial charge in [-0.3, -0.25) is 0 Å². The molecule has 2 atom stereocenters. The van der Waals surface area contributed by atoms with Crippen molar-refractivity contribution in [3.63, 3.8) is 0 Å². The molecular weight excluding hydrogens is 216 g/mol. The SMILES string of the molecule is CC1CC(C)(C)CC1(O)CCc1ccsc1. The molecule has 0 spiro atoms. The van der Waals surface area contributed by atoms with E-state index in [1.54, 1.807) is 11.3 Å². The van der Waals surface area contributed by atoms with E-state index in [1.807, 2.05) is 0 Å². The summed E-state index contributed by atoms with van der Waals surface area (Å²) in [6, 6.07) is 2.17. The third kappa shape index (κ3) is 2.49. The normalized spacial score (nSPS) is 33.1. The average Bonchev–Trinajstić information content (AvgIpc) is 2.71. The molecule has 1 heterocycles. The Hall–Kier alpha value is -0.340. The molecule has 0 aliphatic heterocycles. The van der Waals surface area contributed by atoms with Crippen LogP contribution in [0.5, 0.6) is 0 Å². The van der Waals surface area contributed by atoms with Gasteiger partial charge in [0.2, 0.25) is 0 Å². The number of rotatable bonds is 3. The van der Waals surface area contributed by atoms with Crippen molar-refractivity contribution in [3.05, 3.63) is 22.4 Å². The van der Waals surface area contributed by atoms with E-state index >= 15 is 0 Å². The summed E-state index contributed by atoms with van der Waals surface area (Å²) in [4.78, 5) is 0. The number of aryl methyl sites for hydroxylation is 1. The van der Waals surface area contributed by atoms with Gasteiger partial charge in [-0.25, -0.2) is 0 Å². The van der Waals surface area contributed by atoms with E-state index in [4.69, 9.17) is 0 Å². The van der Waals surface area contributed by atoms with E-state index in [0.717, 1.165) is 25.7 Å². The van der Waals surface area contributed by atoms with Gasteiger partial charge in [-0.1, -0.05) is 20.8 Å². The second kappa shape index (κ2) is 4.15. The molecule has 16 heavy (non-hydrogen) atoms. The Morgan fingerprint density at radius 2 is 2.25 bits per heavy atom. The summed E-state index contributed by atoms with van der Waals surface area (Å²) in [6.07, 6.45) is 4.02. The van der Waals surface area contributed by atoms with Gasteiger partial charge in [-0.15, -0.1) is 0 Å². The van der Waals surface area contributed by atoms with Crippen molar-refractivity contribution in [1.82, 2.24) is 0 Å². The Kier molecular flexibility index (Phi) is 3.15. The first kappa shape index (κ1) is 12.1. The van der Waals surface area contributed by atoms with Gasteiger partial charge < -0.3 is 5.11 Å².